The number of nitrogens with zero attached hydrogens (tertiary/aromatic N) is 1. The zero-order valence-corrected chi connectivity index (χ0v) is 11.4. The molecule has 0 amide bonds. The summed E-state index contributed by atoms with van der Waals surface area (Å²) in [5, 5.41) is 0. The summed E-state index contributed by atoms with van der Waals surface area (Å²) in [6, 6.07) is 1.56. The number of aromatic nitrogens is 1. The molecule has 19 heavy (non-hydrogen) atoms. The van der Waals surface area contributed by atoms with Gasteiger partial charge >= 0.3 is 5.97 Å². The van der Waals surface area contributed by atoms with Gasteiger partial charge < -0.3 is 14.2 Å². The van der Waals surface area contributed by atoms with Gasteiger partial charge in [0, 0.05) is 19.2 Å². The number of hydrogen-bond acceptors (Lipinski definition) is 6. The second-order valence-corrected chi connectivity index (χ2v) is 4.13. The van der Waals surface area contributed by atoms with Crippen molar-refractivity contribution in [2.45, 2.75) is 20.8 Å². The van der Waals surface area contributed by atoms with Gasteiger partial charge in [0.25, 0.3) is 0 Å². The van der Waals surface area contributed by atoms with E-state index in [4.69, 9.17) is 14.2 Å². The Labute approximate surface area is 111 Å². The van der Waals surface area contributed by atoms with Gasteiger partial charge in [-0.2, -0.15) is 0 Å². The van der Waals surface area contributed by atoms with Gasteiger partial charge in [-0.05, 0) is 0 Å². The maximum atomic E-state index is 11.4. The fourth-order valence-electron chi connectivity index (χ4n) is 1.29. The highest BCUT2D eigenvalue weighted by molar-refractivity contribution is 5.95. The number of ketones is 1. The molecule has 1 heterocycles. The molecule has 0 aliphatic rings. The molecular weight excluding hydrogens is 250 g/mol. The van der Waals surface area contributed by atoms with E-state index in [1.54, 1.807) is 19.9 Å². The Morgan fingerprint density at radius 2 is 2.05 bits per heavy atom. The van der Waals surface area contributed by atoms with Crippen LogP contribution in [0.1, 0.15) is 31.3 Å². The summed E-state index contributed by atoms with van der Waals surface area (Å²) in [7, 11) is 1.45. The number of Topliss-reactive ketones (excluding diaryl/α,β-unsaturated/α-hetero) is 1. The molecule has 0 atom stereocenters. The van der Waals surface area contributed by atoms with Crippen LogP contribution in [0, 0.1) is 5.92 Å². The zero-order chi connectivity index (χ0) is 14.4. The lowest BCUT2D eigenvalue weighted by molar-refractivity contribution is -0.154. The van der Waals surface area contributed by atoms with Gasteiger partial charge in [-0.1, -0.05) is 13.8 Å². The average Bonchev–Trinajstić information content (AvgIpc) is 2.38. The lowest BCUT2D eigenvalue weighted by Crippen LogP contribution is -2.16. The number of esters is 1. The third-order valence-electron chi connectivity index (χ3n) is 2.30. The van der Waals surface area contributed by atoms with Gasteiger partial charge in [0.1, 0.15) is 0 Å². The van der Waals surface area contributed by atoms with Crippen LogP contribution in [0.4, 0.5) is 0 Å². The number of carbonyl (C=O) groups excluding carboxylic acids is 2. The molecule has 0 aromatic carbocycles. The summed E-state index contributed by atoms with van der Waals surface area (Å²) in [5.74, 6) is -0.349. The molecule has 1 aromatic rings. The first-order valence-corrected chi connectivity index (χ1v) is 5.80. The number of rotatable bonds is 6. The molecule has 1 aromatic heterocycles. The lowest BCUT2D eigenvalue weighted by atomic mass is 10.2. The molecule has 0 spiro atoms. The Bertz CT molecular complexity index is 470. The van der Waals surface area contributed by atoms with Crippen LogP contribution in [0.15, 0.2) is 12.3 Å². The van der Waals surface area contributed by atoms with Crippen molar-refractivity contribution in [2.24, 2.45) is 5.92 Å². The van der Waals surface area contributed by atoms with Crippen LogP contribution < -0.4 is 9.47 Å². The predicted octanol–water partition coefficient (Wildman–Crippen LogP) is 1.83. The molecule has 104 valence electrons. The summed E-state index contributed by atoms with van der Waals surface area (Å²) in [6.45, 7) is 4.51. The van der Waals surface area contributed by atoms with E-state index in [0.29, 0.717) is 5.75 Å². The monoisotopic (exact) mass is 267 g/mol. The first-order valence-electron chi connectivity index (χ1n) is 5.80. The maximum Gasteiger partial charge on any atom is 0.311 e. The van der Waals surface area contributed by atoms with Crippen molar-refractivity contribution in [1.29, 1.82) is 0 Å². The van der Waals surface area contributed by atoms with Crippen molar-refractivity contribution < 1.29 is 23.8 Å². The molecule has 0 saturated carbocycles. The van der Waals surface area contributed by atoms with E-state index >= 15 is 0 Å². The Hall–Kier alpha value is -2.11. The Balaban J connectivity index is 2.81. The van der Waals surface area contributed by atoms with Crippen LogP contribution in [0.2, 0.25) is 0 Å². The van der Waals surface area contributed by atoms with Gasteiger partial charge in [-0.15, -0.1) is 0 Å². The van der Waals surface area contributed by atoms with Gasteiger partial charge in [-0.3, -0.25) is 9.59 Å². The molecule has 0 fully saturated rings. The second kappa shape index (κ2) is 6.72. The van der Waals surface area contributed by atoms with Gasteiger partial charge in [0.05, 0.1) is 13.0 Å². The first-order chi connectivity index (χ1) is 8.97. The van der Waals surface area contributed by atoms with Crippen LogP contribution in [-0.4, -0.2) is 30.6 Å². The lowest BCUT2D eigenvalue weighted by Gasteiger charge is -2.13. The summed E-state index contributed by atoms with van der Waals surface area (Å²) >= 11 is 0. The highest BCUT2D eigenvalue weighted by Gasteiger charge is 2.17. The third-order valence-corrected chi connectivity index (χ3v) is 2.30. The van der Waals surface area contributed by atoms with Crippen molar-refractivity contribution in [3.05, 3.63) is 18.0 Å². The molecule has 0 N–H and O–H groups in total. The van der Waals surface area contributed by atoms with E-state index in [1.165, 1.54) is 20.2 Å². The Morgan fingerprint density at radius 3 is 2.58 bits per heavy atom. The average molecular weight is 267 g/mol. The molecule has 0 aliphatic heterocycles. The van der Waals surface area contributed by atoms with E-state index in [1.807, 2.05) is 0 Å². The fourth-order valence-corrected chi connectivity index (χ4v) is 1.29. The molecule has 1 rings (SSSR count). The molecule has 0 unspecified atom stereocenters. The summed E-state index contributed by atoms with van der Waals surface area (Å²) < 4.78 is 15.3. The first kappa shape index (κ1) is 14.9. The Kier molecular flexibility index (Phi) is 5.29. The summed E-state index contributed by atoms with van der Waals surface area (Å²) in [4.78, 5) is 26.6. The van der Waals surface area contributed by atoms with Gasteiger partial charge in [0.15, 0.2) is 23.0 Å². The SMILES string of the molecule is COc1ccnc(C(C)=O)c1OCOC(=O)C(C)C. The standard InChI is InChI=1S/C13H17NO5/c1-8(2)13(16)19-7-18-12-10(17-4)5-6-14-11(12)9(3)15/h5-6,8H,7H2,1-4H3. The number of ether oxygens (including phenoxy) is 3. The minimum atomic E-state index is -0.382. The molecule has 0 aliphatic carbocycles. The fraction of sp³-hybridized carbons (Fsp3) is 0.462. The van der Waals surface area contributed by atoms with E-state index in [2.05, 4.69) is 4.98 Å². The normalized spacial score (nSPS) is 10.2. The van der Waals surface area contributed by atoms with Crippen LogP contribution in [0.5, 0.6) is 11.5 Å². The van der Waals surface area contributed by atoms with Crippen LogP contribution in [0.3, 0.4) is 0 Å². The van der Waals surface area contributed by atoms with Crippen molar-refractivity contribution in [2.75, 3.05) is 13.9 Å². The van der Waals surface area contributed by atoms with E-state index < -0.39 is 0 Å². The summed E-state index contributed by atoms with van der Waals surface area (Å²) in [5.41, 5.74) is 0.139. The number of pyridine rings is 1. The molecule has 6 nitrogen and oxygen atoms in total. The second-order valence-electron chi connectivity index (χ2n) is 4.13. The molecule has 6 heteroatoms. The van der Waals surface area contributed by atoms with Gasteiger partial charge in [-0.25, -0.2) is 4.98 Å². The largest absolute Gasteiger partial charge is 0.493 e. The van der Waals surface area contributed by atoms with Crippen molar-refractivity contribution >= 4 is 11.8 Å². The zero-order valence-electron chi connectivity index (χ0n) is 11.4. The predicted molar refractivity (Wildman–Crippen MR) is 67.2 cm³/mol. The minimum absolute atomic E-state index is 0.139. The minimum Gasteiger partial charge on any atom is -0.493 e. The molecule has 0 saturated heterocycles. The van der Waals surface area contributed by atoms with Crippen molar-refractivity contribution in [1.82, 2.24) is 4.98 Å². The highest BCUT2D eigenvalue weighted by Crippen LogP contribution is 2.29. The van der Waals surface area contributed by atoms with Crippen LogP contribution in [-0.2, 0) is 9.53 Å². The van der Waals surface area contributed by atoms with E-state index in [-0.39, 0.29) is 35.9 Å². The molecular formula is C13H17NO5. The molecule has 0 radical (unpaired) electrons. The van der Waals surface area contributed by atoms with Crippen molar-refractivity contribution in [3.8, 4) is 11.5 Å². The third kappa shape index (κ3) is 3.94. The maximum absolute atomic E-state index is 11.4. The number of hydrogen-bond donors (Lipinski definition) is 0. The molecule has 0 bridgehead atoms. The summed E-state index contributed by atoms with van der Waals surface area (Å²) in [6.07, 6.45) is 1.45. The van der Waals surface area contributed by atoms with Crippen LogP contribution >= 0.6 is 0 Å². The smallest absolute Gasteiger partial charge is 0.311 e. The topological polar surface area (TPSA) is 74.7 Å². The highest BCUT2D eigenvalue weighted by atomic mass is 16.7. The number of methoxy groups -OCH3 is 1. The van der Waals surface area contributed by atoms with E-state index in [9.17, 15) is 9.59 Å². The van der Waals surface area contributed by atoms with Gasteiger partial charge in [0.2, 0.25) is 6.79 Å². The number of carbonyl (C=O) groups is 2. The quantitative estimate of drug-likeness (QED) is 0.444. The van der Waals surface area contributed by atoms with Crippen molar-refractivity contribution in [3.63, 3.8) is 0 Å². The Morgan fingerprint density at radius 1 is 1.37 bits per heavy atom. The van der Waals surface area contributed by atoms with Crippen LogP contribution in [0.25, 0.3) is 0 Å². The van der Waals surface area contributed by atoms with E-state index in [0.717, 1.165) is 0 Å².